The van der Waals surface area contributed by atoms with E-state index in [1.807, 2.05) is 0 Å². The first-order valence-electron chi connectivity index (χ1n) is 5.04. The molecule has 1 nitrogen and oxygen atoms in total. The molecule has 1 aliphatic carbocycles. The first-order chi connectivity index (χ1) is 6.20. The summed E-state index contributed by atoms with van der Waals surface area (Å²) in [5, 5.41) is 0. The lowest BCUT2D eigenvalue weighted by Gasteiger charge is -2.15. The molecule has 0 aromatic heterocycles. The molecule has 0 unspecified atom stereocenters. The summed E-state index contributed by atoms with van der Waals surface area (Å²) >= 11 is 0. The molecule has 0 spiro atoms. The second-order valence-corrected chi connectivity index (χ2v) is 4.32. The van der Waals surface area contributed by atoms with E-state index in [0.717, 1.165) is 6.42 Å². The first kappa shape index (κ1) is 8.76. The third-order valence-electron chi connectivity index (χ3n) is 3.11. The van der Waals surface area contributed by atoms with Crippen LogP contribution in [0.4, 0.5) is 0 Å². The van der Waals surface area contributed by atoms with Crippen LogP contribution < -0.4 is 5.73 Å². The summed E-state index contributed by atoms with van der Waals surface area (Å²) in [5.74, 6) is 1.38. The van der Waals surface area contributed by atoms with Crippen LogP contribution >= 0.6 is 0 Å². The minimum Gasteiger partial charge on any atom is -0.324 e. The number of rotatable bonds is 1. The Hall–Kier alpha value is -0.820. The maximum atomic E-state index is 6.07. The topological polar surface area (TPSA) is 26.0 Å². The Bertz CT molecular complexity index is 304. The Morgan fingerprint density at radius 3 is 2.46 bits per heavy atom. The number of hydrogen-bond donors (Lipinski definition) is 1. The van der Waals surface area contributed by atoms with E-state index in [0.29, 0.717) is 11.8 Å². The van der Waals surface area contributed by atoms with Crippen molar-refractivity contribution in [2.75, 3.05) is 0 Å². The molecular formula is C12H17N. The molecule has 1 aromatic carbocycles. The molecule has 1 heteroatoms. The Morgan fingerprint density at radius 1 is 1.23 bits per heavy atom. The third-order valence-corrected chi connectivity index (χ3v) is 3.11. The first-order valence-corrected chi connectivity index (χ1v) is 5.04. The molecule has 1 aromatic rings. The zero-order valence-corrected chi connectivity index (χ0v) is 8.33. The van der Waals surface area contributed by atoms with Crippen LogP contribution in [0.1, 0.15) is 43.4 Å². The Kier molecular flexibility index (Phi) is 2.12. The van der Waals surface area contributed by atoms with E-state index in [9.17, 15) is 0 Å². The zero-order chi connectivity index (χ0) is 9.42. The van der Waals surface area contributed by atoms with E-state index < -0.39 is 0 Å². The van der Waals surface area contributed by atoms with Crippen LogP contribution in [-0.4, -0.2) is 0 Å². The molecule has 0 bridgehead atoms. The highest BCUT2D eigenvalue weighted by Gasteiger charge is 2.29. The molecule has 70 valence electrons. The molecule has 2 atom stereocenters. The fourth-order valence-corrected chi connectivity index (χ4v) is 2.35. The second kappa shape index (κ2) is 3.15. The van der Waals surface area contributed by atoms with Crippen LogP contribution in [0.2, 0.25) is 0 Å². The van der Waals surface area contributed by atoms with Gasteiger partial charge in [-0.05, 0) is 29.4 Å². The third kappa shape index (κ3) is 1.37. The quantitative estimate of drug-likeness (QED) is 0.697. The lowest BCUT2D eigenvalue weighted by molar-refractivity contribution is 0.470. The normalized spacial score (nSPS) is 26.5. The van der Waals surface area contributed by atoms with Crippen molar-refractivity contribution in [3.05, 3.63) is 35.4 Å². The summed E-state index contributed by atoms with van der Waals surface area (Å²) in [6, 6.07) is 8.87. The van der Waals surface area contributed by atoms with Crippen molar-refractivity contribution in [3.63, 3.8) is 0 Å². The summed E-state index contributed by atoms with van der Waals surface area (Å²) in [4.78, 5) is 0. The van der Waals surface area contributed by atoms with Gasteiger partial charge in [0.25, 0.3) is 0 Å². The van der Waals surface area contributed by atoms with Gasteiger partial charge >= 0.3 is 0 Å². The van der Waals surface area contributed by atoms with E-state index in [2.05, 4.69) is 38.1 Å². The van der Waals surface area contributed by atoms with E-state index in [1.165, 1.54) is 11.1 Å². The smallest absolute Gasteiger partial charge is 0.0303 e. The van der Waals surface area contributed by atoms with Gasteiger partial charge in [-0.25, -0.2) is 0 Å². The van der Waals surface area contributed by atoms with Gasteiger partial charge < -0.3 is 5.73 Å². The molecule has 0 aliphatic heterocycles. The van der Waals surface area contributed by atoms with Crippen LogP contribution in [0, 0.1) is 5.92 Å². The van der Waals surface area contributed by atoms with Gasteiger partial charge in [-0.3, -0.25) is 0 Å². The van der Waals surface area contributed by atoms with Gasteiger partial charge in [-0.1, -0.05) is 38.1 Å². The summed E-state index contributed by atoms with van der Waals surface area (Å²) in [5.41, 5.74) is 8.91. The maximum Gasteiger partial charge on any atom is 0.0303 e. The molecule has 0 amide bonds. The summed E-state index contributed by atoms with van der Waals surface area (Å²) in [6.07, 6.45) is 1.12. The minimum absolute atomic E-state index is 0.267. The lowest BCUT2D eigenvalue weighted by Crippen LogP contribution is -2.07. The predicted octanol–water partition coefficient (Wildman–Crippen LogP) is 2.83. The van der Waals surface area contributed by atoms with Crippen molar-refractivity contribution in [1.82, 2.24) is 0 Å². The highest BCUT2D eigenvalue weighted by Crippen LogP contribution is 2.42. The Labute approximate surface area is 80.0 Å². The molecule has 1 aliphatic rings. The average Bonchev–Trinajstić information content (AvgIpc) is 2.45. The number of fused-ring (bicyclic) bond motifs is 1. The van der Waals surface area contributed by atoms with E-state index >= 15 is 0 Å². The van der Waals surface area contributed by atoms with Gasteiger partial charge in [-0.15, -0.1) is 0 Å². The van der Waals surface area contributed by atoms with Gasteiger partial charge in [0, 0.05) is 6.04 Å². The van der Waals surface area contributed by atoms with Crippen molar-refractivity contribution >= 4 is 0 Å². The fraction of sp³-hybridized carbons (Fsp3) is 0.500. The van der Waals surface area contributed by atoms with Crippen molar-refractivity contribution in [3.8, 4) is 0 Å². The summed E-state index contributed by atoms with van der Waals surface area (Å²) in [7, 11) is 0. The number of nitrogens with two attached hydrogens (primary N) is 1. The minimum atomic E-state index is 0.267. The number of benzene rings is 1. The van der Waals surface area contributed by atoms with E-state index in [1.54, 1.807) is 0 Å². The van der Waals surface area contributed by atoms with Gasteiger partial charge in [0.2, 0.25) is 0 Å². The van der Waals surface area contributed by atoms with Gasteiger partial charge in [-0.2, -0.15) is 0 Å². The summed E-state index contributed by atoms with van der Waals surface area (Å²) < 4.78 is 0. The van der Waals surface area contributed by atoms with Gasteiger partial charge in [0.15, 0.2) is 0 Å². The van der Waals surface area contributed by atoms with Crippen LogP contribution in [0.5, 0.6) is 0 Å². The van der Waals surface area contributed by atoms with Gasteiger partial charge in [0.05, 0.1) is 0 Å². The van der Waals surface area contributed by atoms with Crippen molar-refractivity contribution in [2.24, 2.45) is 11.7 Å². The predicted molar refractivity (Wildman–Crippen MR) is 55.6 cm³/mol. The van der Waals surface area contributed by atoms with Crippen LogP contribution in [-0.2, 0) is 0 Å². The monoisotopic (exact) mass is 175 g/mol. The molecule has 0 saturated carbocycles. The SMILES string of the molecule is CC(C)[C@H]1C[C@H](N)c2ccccc21. The molecule has 0 fully saturated rings. The summed E-state index contributed by atoms with van der Waals surface area (Å²) in [6.45, 7) is 4.55. The average molecular weight is 175 g/mol. The maximum absolute atomic E-state index is 6.07. The van der Waals surface area contributed by atoms with Crippen LogP contribution in [0.25, 0.3) is 0 Å². The van der Waals surface area contributed by atoms with E-state index in [4.69, 9.17) is 5.73 Å². The molecule has 0 heterocycles. The standard InChI is InChI=1S/C12H17N/c1-8(2)11-7-12(13)10-6-4-3-5-9(10)11/h3-6,8,11-12H,7,13H2,1-2H3/t11-,12+/m1/s1. The molecular weight excluding hydrogens is 158 g/mol. The molecule has 2 rings (SSSR count). The lowest BCUT2D eigenvalue weighted by atomic mass is 9.90. The second-order valence-electron chi connectivity index (χ2n) is 4.32. The van der Waals surface area contributed by atoms with Gasteiger partial charge in [0.1, 0.15) is 0 Å². The fourth-order valence-electron chi connectivity index (χ4n) is 2.35. The molecule has 13 heavy (non-hydrogen) atoms. The van der Waals surface area contributed by atoms with Crippen LogP contribution in [0.3, 0.4) is 0 Å². The molecule has 0 radical (unpaired) electrons. The number of hydrogen-bond acceptors (Lipinski definition) is 1. The van der Waals surface area contributed by atoms with Crippen molar-refractivity contribution in [2.45, 2.75) is 32.2 Å². The van der Waals surface area contributed by atoms with E-state index in [-0.39, 0.29) is 6.04 Å². The highest BCUT2D eigenvalue weighted by molar-refractivity contribution is 5.37. The zero-order valence-electron chi connectivity index (χ0n) is 8.33. The Balaban J connectivity index is 2.41. The Morgan fingerprint density at radius 2 is 1.85 bits per heavy atom. The molecule has 0 saturated heterocycles. The molecule has 2 N–H and O–H groups in total. The highest BCUT2D eigenvalue weighted by atomic mass is 14.7. The van der Waals surface area contributed by atoms with Crippen LogP contribution in [0.15, 0.2) is 24.3 Å². The van der Waals surface area contributed by atoms with Crippen molar-refractivity contribution in [1.29, 1.82) is 0 Å². The van der Waals surface area contributed by atoms with Crippen molar-refractivity contribution < 1.29 is 0 Å². The largest absolute Gasteiger partial charge is 0.324 e.